The van der Waals surface area contributed by atoms with Crippen molar-refractivity contribution in [3.63, 3.8) is 0 Å². The molecule has 3 heterocycles. The lowest BCUT2D eigenvalue weighted by molar-refractivity contribution is -0.131. The van der Waals surface area contributed by atoms with Crippen LogP contribution in [0.25, 0.3) is 0 Å². The summed E-state index contributed by atoms with van der Waals surface area (Å²) in [5.41, 5.74) is 0. The molecule has 0 saturated carbocycles. The van der Waals surface area contributed by atoms with Gasteiger partial charge in [0.2, 0.25) is 5.91 Å². The van der Waals surface area contributed by atoms with Crippen LogP contribution in [-0.4, -0.2) is 51.5 Å². The number of hydrogen-bond donors (Lipinski definition) is 1. The van der Waals surface area contributed by atoms with Crippen molar-refractivity contribution in [3.8, 4) is 0 Å². The summed E-state index contributed by atoms with van der Waals surface area (Å²) in [6, 6.07) is 0.503. The molecule has 1 N–H and O–H groups in total. The SMILES string of the molecule is O=C(Cn1ccnn1)N1CC2CCCNC2C1. The molecule has 0 aliphatic carbocycles. The maximum Gasteiger partial charge on any atom is 0.244 e. The zero-order valence-corrected chi connectivity index (χ0v) is 9.75. The molecule has 0 aromatic carbocycles. The molecular weight excluding hydrogens is 218 g/mol. The first-order chi connectivity index (χ1) is 8.33. The highest BCUT2D eigenvalue weighted by Crippen LogP contribution is 2.24. The lowest BCUT2D eigenvalue weighted by atomic mass is 9.94. The van der Waals surface area contributed by atoms with Gasteiger partial charge in [-0.15, -0.1) is 5.10 Å². The minimum atomic E-state index is 0.145. The molecule has 0 radical (unpaired) electrons. The first-order valence-electron chi connectivity index (χ1n) is 6.18. The van der Waals surface area contributed by atoms with E-state index in [9.17, 15) is 4.79 Å². The number of carbonyl (C=O) groups excluding carboxylic acids is 1. The minimum absolute atomic E-state index is 0.145. The number of piperidine rings is 1. The molecule has 2 unspecified atom stereocenters. The van der Waals surface area contributed by atoms with E-state index >= 15 is 0 Å². The largest absolute Gasteiger partial charge is 0.339 e. The van der Waals surface area contributed by atoms with Gasteiger partial charge in [0.05, 0.1) is 6.20 Å². The molecular formula is C11H17N5O. The number of carbonyl (C=O) groups is 1. The van der Waals surface area contributed by atoms with Crippen molar-refractivity contribution in [2.45, 2.75) is 25.4 Å². The summed E-state index contributed by atoms with van der Waals surface area (Å²) in [5.74, 6) is 0.787. The third-order valence-corrected chi connectivity index (χ3v) is 3.72. The zero-order valence-electron chi connectivity index (χ0n) is 9.75. The van der Waals surface area contributed by atoms with Gasteiger partial charge in [0.25, 0.3) is 0 Å². The summed E-state index contributed by atoms with van der Waals surface area (Å²) in [5, 5.41) is 11.0. The van der Waals surface area contributed by atoms with Gasteiger partial charge in [-0.1, -0.05) is 5.21 Å². The van der Waals surface area contributed by atoms with Crippen molar-refractivity contribution in [1.29, 1.82) is 0 Å². The molecule has 0 bridgehead atoms. The van der Waals surface area contributed by atoms with Crippen LogP contribution >= 0.6 is 0 Å². The molecule has 2 aliphatic rings. The highest BCUT2D eigenvalue weighted by atomic mass is 16.2. The second-order valence-electron chi connectivity index (χ2n) is 4.86. The maximum absolute atomic E-state index is 12.1. The molecule has 2 fully saturated rings. The topological polar surface area (TPSA) is 63.1 Å². The second kappa shape index (κ2) is 4.44. The van der Waals surface area contributed by atoms with Gasteiger partial charge in [-0.2, -0.15) is 0 Å². The van der Waals surface area contributed by atoms with Crippen LogP contribution in [0.3, 0.4) is 0 Å². The van der Waals surface area contributed by atoms with E-state index in [0.717, 1.165) is 19.6 Å². The second-order valence-corrected chi connectivity index (χ2v) is 4.86. The Kier molecular flexibility index (Phi) is 2.80. The molecule has 1 amide bonds. The van der Waals surface area contributed by atoms with Crippen molar-refractivity contribution in [2.24, 2.45) is 5.92 Å². The lowest BCUT2D eigenvalue weighted by Crippen LogP contribution is -2.41. The van der Waals surface area contributed by atoms with Crippen molar-refractivity contribution < 1.29 is 4.79 Å². The van der Waals surface area contributed by atoms with Crippen LogP contribution in [-0.2, 0) is 11.3 Å². The van der Waals surface area contributed by atoms with Crippen LogP contribution in [0.15, 0.2) is 12.4 Å². The highest BCUT2D eigenvalue weighted by molar-refractivity contribution is 5.76. The fourth-order valence-electron chi connectivity index (χ4n) is 2.81. The van der Waals surface area contributed by atoms with Gasteiger partial charge >= 0.3 is 0 Å². The normalized spacial score (nSPS) is 28.1. The smallest absolute Gasteiger partial charge is 0.244 e. The Bertz CT molecular complexity index is 377. The number of nitrogens with one attached hydrogen (secondary N) is 1. The van der Waals surface area contributed by atoms with E-state index in [-0.39, 0.29) is 5.91 Å². The standard InChI is InChI=1S/C11H17N5O/c17-11(8-16-5-4-13-14-16)15-6-9-2-1-3-12-10(9)7-15/h4-5,9-10,12H,1-3,6-8H2. The number of likely N-dealkylation sites (tertiary alicyclic amines) is 1. The van der Waals surface area contributed by atoms with Crippen LogP contribution in [0.2, 0.25) is 0 Å². The molecule has 2 saturated heterocycles. The van der Waals surface area contributed by atoms with Crippen LogP contribution in [0.4, 0.5) is 0 Å². The van der Waals surface area contributed by atoms with Gasteiger partial charge in [-0.05, 0) is 25.3 Å². The summed E-state index contributed by atoms with van der Waals surface area (Å²) in [6.45, 7) is 3.13. The number of amides is 1. The van der Waals surface area contributed by atoms with Crippen molar-refractivity contribution in [1.82, 2.24) is 25.2 Å². The maximum atomic E-state index is 12.1. The van der Waals surface area contributed by atoms with E-state index in [2.05, 4.69) is 15.6 Å². The Balaban J connectivity index is 1.60. The molecule has 2 atom stereocenters. The van der Waals surface area contributed by atoms with E-state index < -0.39 is 0 Å². The fourth-order valence-corrected chi connectivity index (χ4v) is 2.81. The van der Waals surface area contributed by atoms with Crippen LogP contribution in [0.5, 0.6) is 0 Å². The molecule has 92 valence electrons. The van der Waals surface area contributed by atoms with Crippen LogP contribution in [0.1, 0.15) is 12.8 Å². The van der Waals surface area contributed by atoms with Crippen molar-refractivity contribution >= 4 is 5.91 Å². The predicted octanol–water partition coefficient (Wildman–Crippen LogP) is -0.511. The number of aromatic nitrogens is 3. The molecule has 6 heteroatoms. The zero-order chi connectivity index (χ0) is 11.7. The van der Waals surface area contributed by atoms with Gasteiger partial charge in [-0.25, -0.2) is 4.68 Å². The van der Waals surface area contributed by atoms with Crippen LogP contribution in [0, 0.1) is 5.92 Å². The summed E-state index contributed by atoms with van der Waals surface area (Å²) in [4.78, 5) is 14.0. The Labute approximate surface area is 100.0 Å². The van der Waals surface area contributed by atoms with Gasteiger partial charge in [0.1, 0.15) is 6.54 Å². The molecule has 1 aromatic heterocycles. The molecule has 6 nitrogen and oxygen atoms in total. The number of nitrogens with zero attached hydrogens (tertiary/aromatic N) is 4. The summed E-state index contributed by atoms with van der Waals surface area (Å²) in [7, 11) is 0. The third-order valence-electron chi connectivity index (χ3n) is 3.72. The van der Waals surface area contributed by atoms with Gasteiger partial charge in [0.15, 0.2) is 0 Å². The minimum Gasteiger partial charge on any atom is -0.339 e. The first kappa shape index (κ1) is 10.7. The van der Waals surface area contributed by atoms with E-state index in [0.29, 0.717) is 18.5 Å². The Morgan fingerprint density at radius 1 is 1.47 bits per heavy atom. The van der Waals surface area contributed by atoms with E-state index in [1.807, 2.05) is 4.90 Å². The Morgan fingerprint density at radius 3 is 3.18 bits per heavy atom. The lowest BCUT2D eigenvalue weighted by Gasteiger charge is -2.24. The fraction of sp³-hybridized carbons (Fsp3) is 0.727. The number of fused-ring (bicyclic) bond motifs is 1. The van der Waals surface area contributed by atoms with E-state index in [1.54, 1.807) is 17.1 Å². The van der Waals surface area contributed by atoms with E-state index in [1.165, 1.54) is 12.8 Å². The predicted molar refractivity (Wildman–Crippen MR) is 61.1 cm³/mol. The summed E-state index contributed by atoms with van der Waals surface area (Å²) in [6.07, 6.45) is 5.79. The number of hydrogen-bond acceptors (Lipinski definition) is 4. The quantitative estimate of drug-likeness (QED) is 0.750. The van der Waals surface area contributed by atoms with Crippen molar-refractivity contribution in [3.05, 3.63) is 12.4 Å². The molecule has 2 aliphatic heterocycles. The number of rotatable bonds is 2. The molecule has 1 aromatic rings. The molecule has 3 rings (SSSR count). The van der Waals surface area contributed by atoms with Gasteiger partial charge < -0.3 is 10.2 Å². The summed E-state index contributed by atoms with van der Waals surface area (Å²) < 4.78 is 1.58. The van der Waals surface area contributed by atoms with Crippen LogP contribution < -0.4 is 5.32 Å². The highest BCUT2D eigenvalue weighted by Gasteiger charge is 2.36. The third kappa shape index (κ3) is 2.17. The average Bonchev–Trinajstić information content (AvgIpc) is 2.96. The monoisotopic (exact) mass is 235 g/mol. The molecule has 17 heavy (non-hydrogen) atoms. The Hall–Kier alpha value is -1.43. The van der Waals surface area contributed by atoms with Gasteiger partial charge in [-0.3, -0.25) is 4.79 Å². The Morgan fingerprint density at radius 2 is 2.41 bits per heavy atom. The van der Waals surface area contributed by atoms with Crippen molar-refractivity contribution in [2.75, 3.05) is 19.6 Å². The van der Waals surface area contributed by atoms with Gasteiger partial charge in [0, 0.05) is 25.3 Å². The summed E-state index contributed by atoms with van der Waals surface area (Å²) >= 11 is 0. The van der Waals surface area contributed by atoms with E-state index in [4.69, 9.17) is 0 Å². The first-order valence-corrected chi connectivity index (χ1v) is 6.18. The average molecular weight is 235 g/mol. The molecule has 0 spiro atoms.